The standard InChI is InChI=1S/C13H18N2O2/c1-9-7-15(8-10(2)17-9)13(16)11-5-3-4-6-12(11)14/h3-6,9-10H,7-8,14H2,1-2H3/t9-,10+. The fourth-order valence-corrected chi connectivity index (χ4v) is 2.21. The molecular weight excluding hydrogens is 216 g/mol. The number of hydrogen-bond donors (Lipinski definition) is 1. The maximum Gasteiger partial charge on any atom is 0.256 e. The van der Waals surface area contributed by atoms with Gasteiger partial charge in [0, 0.05) is 18.8 Å². The summed E-state index contributed by atoms with van der Waals surface area (Å²) >= 11 is 0. The van der Waals surface area contributed by atoms with E-state index >= 15 is 0 Å². The molecule has 0 spiro atoms. The molecule has 0 bridgehead atoms. The molecule has 2 N–H and O–H groups in total. The van der Waals surface area contributed by atoms with Crippen molar-refractivity contribution in [2.24, 2.45) is 0 Å². The number of nitrogens with two attached hydrogens (primary N) is 1. The van der Waals surface area contributed by atoms with Gasteiger partial charge in [0.2, 0.25) is 0 Å². The third-order valence-electron chi connectivity index (χ3n) is 2.90. The highest BCUT2D eigenvalue weighted by Crippen LogP contribution is 2.17. The van der Waals surface area contributed by atoms with Gasteiger partial charge in [0.1, 0.15) is 0 Å². The number of benzene rings is 1. The molecule has 0 saturated carbocycles. The van der Waals surface area contributed by atoms with E-state index in [1.54, 1.807) is 12.1 Å². The molecule has 1 aromatic carbocycles. The van der Waals surface area contributed by atoms with Gasteiger partial charge in [-0.15, -0.1) is 0 Å². The summed E-state index contributed by atoms with van der Waals surface area (Å²) in [6.07, 6.45) is 0.153. The summed E-state index contributed by atoms with van der Waals surface area (Å²) in [5, 5.41) is 0. The molecule has 2 atom stereocenters. The van der Waals surface area contributed by atoms with Crippen LogP contribution in [0.5, 0.6) is 0 Å². The Morgan fingerprint density at radius 2 is 1.88 bits per heavy atom. The molecule has 0 aromatic heterocycles. The summed E-state index contributed by atoms with van der Waals surface area (Å²) in [7, 11) is 0. The summed E-state index contributed by atoms with van der Waals surface area (Å²) in [5.41, 5.74) is 6.93. The van der Waals surface area contributed by atoms with E-state index in [9.17, 15) is 4.79 Å². The summed E-state index contributed by atoms with van der Waals surface area (Å²) < 4.78 is 5.61. The van der Waals surface area contributed by atoms with E-state index in [0.29, 0.717) is 24.3 Å². The Kier molecular flexibility index (Phi) is 3.33. The highest BCUT2D eigenvalue weighted by molar-refractivity contribution is 5.99. The topological polar surface area (TPSA) is 55.6 Å². The number of hydrogen-bond acceptors (Lipinski definition) is 3. The van der Waals surface area contributed by atoms with Crippen LogP contribution in [0.15, 0.2) is 24.3 Å². The van der Waals surface area contributed by atoms with Crippen molar-refractivity contribution in [3.05, 3.63) is 29.8 Å². The minimum Gasteiger partial charge on any atom is -0.398 e. The number of para-hydroxylation sites is 1. The molecule has 1 saturated heterocycles. The van der Waals surface area contributed by atoms with Crippen LogP contribution in [0, 0.1) is 0 Å². The summed E-state index contributed by atoms with van der Waals surface area (Å²) in [6, 6.07) is 7.18. The van der Waals surface area contributed by atoms with Crippen LogP contribution in [0.25, 0.3) is 0 Å². The second-order valence-corrected chi connectivity index (χ2v) is 4.55. The predicted molar refractivity (Wildman–Crippen MR) is 66.8 cm³/mol. The first kappa shape index (κ1) is 11.9. The van der Waals surface area contributed by atoms with Gasteiger partial charge < -0.3 is 15.4 Å². The van der Waals surface area contributed by atoms with Gasteiger partial charge in [-0.3, -0.25) is 4.79 Å². The molecule has 1 heterocycles. The predicted octanol–water partition coefficient (Wildman–Crippen LogP) is 1.52. The number of nitrogens with zero attached hydrogens (tertiary/aromatic N) is 1. The fourth-order valence-electron chi connectivity index (χ4n) is 2.21. The summed E-state index contributed by atoms with van der Waals surface area (Å²) in [6.45, 7) is 5.20. The molecule has 4 nitrogen and oxygen atoms in total. The molecule has 17 heavy (non-hydrogen) atoms. The summed E-state index contributed by atoms with van der Waals surface area (Å²) in [5.74, 6) is -0.00917. The van der Waals surface area contributed by atoms with Gasteiger partial charge in [-0.2, -0.15) is 0 Å². The van der Waals surface area contributed by atoms with Crippen molar-refractivity contribution in [3.8, 4) is 0 Å². The Hall–Kier alpha value is -1.55. The SMILES string of the molecule is C[C@@H]1CN(C(=O)c2ccccc2N)C[C@H](C)O1. The lowest BCUT2D eigenvalue weighted by Crippen LogP contribution is -2.48. The quantitative estimate of drug-likeness (QED) is 0.749. The van der Waals surface area contributed by atoms with Gasteiger partial charge >= 0.3 is 0 Å². The Bertz CT molecular complexity index is 410. The Labute approximate surface area is 101 Å². The van der Waals surface area contributed by atoms with Crippen LogP contribution in [-0.4, -0.2) is 36.1 Å². The number of nitrogen functional groups attached to an aromatic ring is 1. The lowest BCUT2D eigenvalue weighted by Gasteiger charge is -2.35. The van der Waals surface area contributed by atoms with E-state index < -0.39 is 0 Å². The van der Waals surface area contributed by atoms with Crippen LogP contribution in [0.2, 0.25) is 0 Å². The van der Waals surface area contributed by atoms with Gasteiger partial charge in [-0.25, -0.2) is 0 Å². The molecule has 1 aliphatic rings. The molecule has 1 amide bonds. The van der Waals surface area contributed by atoms with E-state index in [2.05, 4.69) is 0 Å². The number of ether oxygens (including phenoxy) is 1. The van der Waals surface area contributed by atoms with Crippen molar-refractivity contribution in [1.29, 1.82) is 0 Å². The largest absolute Gasteiger partial charge is 0.398 e. The van der Waals surface area contributed by atoms with Crippen LogP contribution in [0.1, 0.15) is 24.2 Å². The highest BCUT2D eigenvalue weighted by atomic mass is 16.5. The second-order valence-electron chi connectivity index (χ2n) is 4.55. The van der Waals surface area contributed by atoms with E-state index in [1.807, 2.05) is 30.9 Å². The Morgan fingerprint density at radius 1 is 1.29 bits per heavy atom. The molecule has 1 aliphatic heterocycles. The molecule has 92 valence electrons. The highest BCUT2D eigenvalue weighted by Gasteiger charge is 2.27. The molecule has 1 aromatic rings. The minimum atomic E-state index is -0.00917. The molecule has 0 unspecified atom stereocenters. The van der Waals surface area contributed by atoms with E-state index in [0.717, 1.165) is 0 Å². The normalized spacial score (nSPS) is 24.7. The van der Waals surface area contributed by atoms with Crippen LogP contribution >= 0.6 is 0 Å². The lowest BCUT2D eigenvalue weighted by molar-refractivity contribution is -0.0585. The molecule has 0 aliphatic carbocycles. The van der Waals surface area contributed by atoms with E-state index in [-0.39, 0.29) is 18.1 Å². The monoisotopic (exact) mass is 234 g/mol. The third-order valence-corrected chi connectivity index (χ3v) is 2.90. The zero-order valence-corrected chi connectivity index (χ0v) is 10.2. The van der Waals surface area contributed by atoms with Gasteiger partial charge in [0.05, 0.1) is 17.8 Å². The van der Waals surface area contributed by atoms with Gasteiger partial charge in [-0.1, -0.05) is 12.1 Å². The molecular formula is C13H18N2O2. The first-order valence-electron chi connectivity index (χ1n) is 5.87. The minimum absolute atomic E-state index is 0.00917. The Morgan fingerprint density at radius 3 is 2.47 bits per heavy atom. The molecule has 4 heteroatoms. The zero-order valence-electron chi connectivity index (χ0n) is 10.2. The number of amides is 1. The number of anilines is 1. The molecule has 2 rings (SSSR count). The average molecular weight is 234 g/mol. The number of carbonyl (C=O) groups is 1. The number of rotatable bonds is 1. The molecule has 0 radical (unpaired) electrons. The lowest BCUT2D eigenvalue weighted by atomic mass is 10.1. The van der Waals surface area contributed by atoms with Crippen molar-refractivity contribution < 1.29 is 9.53 Å². The van der Waals surface area contributed by atoms with E-state index in [4.69, 9.17) is 10.5 Å². The fraction of sp³-hybridized carbons (Fsp3) is 0.462. The van der Waals surface area contributed by atoms with Crippen LogP contribution < -0.4 is 5.73 Å². The smallest absolute Gasteiger partial charge is 0.256 e. The van der Waals surface area contributed by atoms with Gasteiger partial charge in [0.25, 0.3) is 5.91 Å². The van der Waals surface area contributed by atoms with Crippen LogP contribution in [0.3, 0.4) is 0 Å². The van der Waals surface area contributed by atoms with Crippen molar-refractivity contribution in [2.45, 2.75) is 26.1 Å². The third kappa shape index (κ3) is 2.58. The van der Waals surface area contributed by atoms with Crippen LogP contribution in [-0.2, 0) is 4.74 Å². The first-order chi connectivity index (χ1) is 8.08. The van der Waals surface area contributed by atoms with Gasteiger partial charge in [0.15, 0.2) is 0 Å². The van der Waals surface area contributed by atoms with Gasteiger partial charge in [-0.05, 0) is 26.0 Å². The van der Waals surface area contributed by atoms with Crippen molar-refractivity contribution >= 4 is 11.6 Å². The first-order valence-corrected chi connectivity index (χ1v) is 5.87. The zero-order chi connectivity index (χ0) is 12.4. The van der Waals surface area contributed by atoms with E-state index in [1.165, 1.54) is 0 Å². The second kappa shape index (κ2) is 4.75. The van der Waals surface area contributed by atoms with Crippen molar-refractivity contribution in [1.82, 2.24) is 4.90 Å². The average Bonchev–Trinajstić information content (AvgIpc) is 2.27. The maximum atomic E-state index is 12.3. The number of morpholine rings is 1. The Balaban J connectivity index is 2.17. The number of carbonyl (C=O) groups excluding carboxylic acids is 1. The molecule has 1 fully saturated rings. The summed E-state index contributed by atoms with van der Waals surface area (Å²) in [4.78, 5) is 14.1. The maximum absolute atomic E-state index is 12.3. The van der Waals surface area contributed by atoms with Crippen LogP contribution in [0.4, 0.5) is 5.69 Å². The van der Waals surface area contributed by atoms with Crippen molar-refractivity contribution in [3.63, 3.8) is 0 Å². The van der Waals surface area contributed by atoms with Crippen molar-refractivity contribution in [2.75, 3.05) is 18.8 Å².